The lowest BCUT2D eigenvalue weighted by molar-refractivity contribution is 0.440. The minimum absolute atomic E-state index is 0.163. The Kier molecular flexibility index (Phi) is 5.33. The van der Waals surface area contributed by atoms with Crippen molar-refractivity contribution in [2.24, 2.45) is 0 Å². The van der Waals surface area contributed by atoms with E-state index in [0.29, 0.717) is 0 Å². The predicted octanol–water partition coefficient (Wildman–Crippen LogP) is 8.35. The van der Waals surface area contributed by atoms with Crippen LogP contribution in [0, 0.1) is 0 Å². The first-order valence-electron chi connectivity index (χ1n) is 18.9. The quantitative estimate of drug-likeness (QED) is 0.171. The van der Waals surface area contributed by atoms with Gasteiger partial charge in [-0.3, -0.25) is 0 Å². The summed E-state index contributed by atoms with van der Waals surface area (Å²) < 4.78 is 41.3. The van der Waals surface area contributed by atoms with Crippen molar-refractivity contribution in [3.8, 4) is 102 Å². The largest absolute Gasteiger partial charge is 0.458 e. The van der Waals surface area contributed by atoms with Crippen LogP contribution in [0.5, 0.6) is 69.0 Å². The Morgan fingerprint density at radius 3 is 0.911 bits per heavy atom. The molecule has 0 atom stereocenters. The number of hydrogen-bond acceptors (Lipinski definition) is 6. The maximum Gasteiger partial charge on any atom is 0.270 e. The monoisotopic (exact) mass is 718 g/mol. The summed E-state index contributed by atoms with van der Waals surface area (Å²) in [6.07, 6.45) is 0. The molecular weight excluding hydrogens is 694 g/mol. The fraction of sp³-hybridized carbons (Fsp3) is 0. The lowest BCUT2D eigenvalue weighted by Crippen LogP contribution is -2.60. The fourth-order valence-electron chi connectivity index (χ4n) is 9.92. The van der Waals surface area contributed by atoms with Crippen molar-refractivity contribution in [2.75, 3.05) is 0 Å². The maximum absolute atomic E-state index is 7.26. The van der Waals surface area contributed by atoms with Gasteiger partial charge in [-0.15, -0.1) is 0 Å². The molecule has 6 aliphatic rings. The Hall–Kier alpha value is -7.31. The maximum atomic E-state index is 7.26. The highest BCUT2D eigenvalue weighted by atomic mass is 16.5. The van der Waals surface area contributed by atoms with Gasteiger partial charge in [-0.25, -0.2) is 0 Å². The lowest BCUT2D eigenvalue weighted by Gasteiger charge is -2.40. The van der Waals surface area contributed by atoms with Gasteiger partial charge in [0.15, 0.2) is 0 Å². The molecule has 0 fully saturated rings. The third-order valence-electron chi connectivity index (χ3n) is 12.1. The third-order valence-corrected chi connectivity index (χ3v) is 12.1. The topological polar surface area (TPSA) is 55.4 Å². The summed E-state index contributed by atoms with van der Waals surface area (Å²) in [4.78, 5) is 0. The van der Waals surface area contributed by atoms with Gasteiger partial charge in [0.25, 0.3) is 13.4 Å². The predicted molar refractivity (Wildman–Crippen MR) is 218 cm³/mol. The van der Waals surface area contributed by atoms with E-state index in [1.165, 1.54) is 0 Å². The Bertz CT molecular complexity index is 2860. The molecule has 0 bridgehead atoms. The van der Waals surface area contributed by atoms with E-state index in [9.17, 15) is 0 Å². The first-order chi connectivity index (χ1) is 27.8. The average molecular weight is 718 g/mol. The van der Waals surface area contributed by atoms with Crippen molar-refractivity contribution >= 4 is 46.2 Å². The zero-order valence-electron chi connectivity index (χ0n) is 29.5. The molecule has 0 radical (unpaired) electrons. The van der Waals surface area contributed by atoms with E-state index in [2.05, 4.69) is 60.7 Å². The first kappa shape index (κ1) is 29.1. The molecule has 0 unspecified atom stereocenters. The summed E-state index contributed by atoms with van der Waals surface area (Å²) in [5.41, 5.74) is 11.8. The molecule has 8 aromatic rings. The highest BCUT2D eigenvalue weighted by Gasteiger charge is 2.51. The van der Waals surface area contributed by atoms with Gasteiger partial charge in [0, 0.05) is 43.9 Å². The molecule has 56 heavy (non-hydrogen) atoms. The summed E-state index contributed by atoms with van der Waals surface area (Å²) in [6.45, 7) is -0.326. The molecule has 0 aliphatic carbocycles. The van der Waals surface area contributed by atoms with Crippen LogP contribution < -0.4 is 61.2 Å². The molecule has 6 heterocycles. The number of rotatable bonds is 3. The van der Waals surface area contributed by atoms with Gasteiger partial charge in [0.05, 0.1) is 0 Å². The molecule has 0 saturated carbocycles. The molecule has 0 amide bonds. The molecule has 6 nitrogen and oxygen atoms in total. The Morgan fingerprint density at radius 1 is 0.268 bits per heavy atom. The van der Waals surface area contributed by atoms with Crippen molar-refractivity contribution in [1.29, 1.82) is 0 Å². The Balaban J connectivity index is 1.15. The van der Waals surface area contributed by atoms with E-state index in [4.69, 9.17) is 28.4 Å². The second kappa shape index (κ2) is 10.3. The van der Waals surface area contributed by atoms with E-state index in [1.54, 1.807) is 0 Å². The third kappa shape index (κ3) is 3.59. The molecule has 6 aliphatic heterocycles. The van der Waals surface area contributed by atoms with Gasteiger partial charge in [-0.1, -0.05) is 84.9 Å². The van der Waals surface area contributed by atoms with Crippen LogP contribution in [0.1, 0.15) is 0 Å². The van der Waals surface area contributed by atoms with E-state index in [1.807, 2.05) is 84.9 Å². The Labute approximate surface area is 321 Å². The number of benzene rings is 8. The van der Waals surface area contributed by atoms with Gasteiger partial charge in [0.1, 0.15) is 69.0 Å². The molecular formula is C48H24B2O6. The molecule has 8 aromatic carbocycles. The first-order valence-corrected chi connectivity index (χ1v) is 18.9. The zero-order chi connectivity index (χ0) is 36.2. The van der Waals surface area contributed by atoms with Crippen molar-refractivity contribution in [3.05, 3.63) is 146 Å². The number of ether oxygens (including phenoxy) is 6. The van der Waals surface area contributed by atoms with Crippen LogP contribution in [0.25, 0.3) is 33.4 Å². The lowest BCUT2D eigenvalue weighted by atomic mass is 9.33. The zero-order valence-corrected chi connectivity index (χ0v) is 29.5. The van der Waals surface area contributed by atoms with E-state index >= 15 is 0 Å². The van der Waals surface area contributed by atoms with Gasteiger partial charge in [0.2, 0.25) is 0 Å². The van der Waals surface area contributed by atoms with Crippen LogP contribution in [0.15, 0.2) is 146 Å². The van der Waals surface area contributed by atoms with Crippen molar-refractivity contribution in [2.45, 2.75) is 0 Å². The molecule has 0 saturated heterocycles. The molecule has 8 heteroatoms. The molecule has 0 N–H and O–H groups in total. The normalized spacial score (nSPS) is 14.1. The Morgan fingerprint density at radius 2 is 0.571 bits per heavy atom. The van der Waals surface area contributed by atoms with Crippen LogP contribution in [-0.4, -0.2) is 13.4 Å². The van der Waals surface area contributed by atoms with Crippen LogP contribution in [0.2, 0.25) is 0 Å². The highest BCUT2D eigenvalue weighted by molar-refractivity contribution is 7.00. The summed E-state index contributed by atoms with van der Waals surface area (Å²) in [7, 11) is 0. The fourth-order valence-corrected chi connectivity index (χ4v) is 9.92. The number of hydrogen-bond donors (Lipinski definition) is 0. The summed E-state index contributed by atoms with van der Waals surface area (Å²) in [5.74, 6) is 9.25. The summed E-state index contributed by atoms with van der Waals surface area (Å²) >= 11 is 0. The molecule has 258 valence electrons. The second-order valence-corrected chi connectivity index (χ2v) is 15.0. The van der Waals surface area contributed by atoms with E-state index in [0.717, 1.165) is 135 Å². The van der Waals surface area contributed by atoms with Gasteiger partial charge >= 0.3 is 0 Å². The average Bonchev–Trinajstić information content (AvgIpc) is 3.24. The van der Waals surface area contributed by atoms with Gasteiger partial charge < -0.3 is 28.4 Å². The highest BCUT2D eigenvalue weighted by Crippen LogP contribution is 2.55. The van der Waals surface area contributed by atoms with Crippen molar-refractivity contribution < 1.29 is 28.4 Å². The van der Waals surface area contributed by atoms with Crippen LogP contribution in [-0.2, 0) is 0 Å². The van der Waals surface area contributed by atoms with Gasteiger partial charge in [-0.2, -0.15) is 0 Å². The molecule has 0 aromatic heterocycles. The minimum atomic E-state index is -0.163. The summed E-state index contributed by atoms with van der Waals surface area (Å²) in [6, 6.07) is 49.6. The smallest absolute Gasteiger partial charge is 0.270 e. The van der Waals surface area contributed by atoms with Crippen LogP contribution in [0.4, 0.5) is 0 Å². The van der Waals surface area contributed by atoms with Crippen LogP contribution >= 0.6 is 0 Å². The van der Waals surface area contributed by atoms with Crippen molar-refractivity contribution in [3.63, 3.8) is 0 Å². The molecule has 14 rings (SSSR count). The van der Waals surface area contributed by atoms with Gasteiger partial charge in [-0.05, 0) is 82.9 Å². The van der Waals surface area contributed by atoms with E-state index in [-0.39, 0.29) is 13.4 Å². The minimum Gasteiger partial charge on any atom is -0.458 e. The van der Waals surface area contributed by atoms with Crippen LogP contribution in [0.3, 0.4) is 0 Å². The molecule has 0 spiro atoms. The summed E-state index contributed by atoms with van der Waals surface area (Å²) in [5, 5.41) is 0. The SMILES string of the molecule is c1ccc(-c2cc3c4c(c2-c2c(-c5ccccc5)cc5c6c2Oc2cccc7c2B6c2c(cccc2O5)O7)Oc2cccc5c2B4c2c(cccc2O3)O5)cc1. The standard InChI is InChI=1S/C48H24B2O6/c1-3-11-25(12-4-1)27-23-37-45-47(55-35-21-9-17-31-43(35)49(45)41-29(51-31)15-7-19-33(41)53-37)39(27)40-28(26-13-5-2-6-14-26)24-38-46-48(40)56-36-22-10-18-32-44(36)50(46)42-30(52-32)16-8-20-34(42)54-38/h1-24H. The van der Waals surface area contributed by atoms with E-state index < -0.39 is 0 Å². The van der Waals surface area contributed by atoms with Crippen molar-refractivity contribution in [1.82, 2.24) is 0 Å². The second-order valence-electron chi connectivity index (χ2n) is 15.0.